The standard InChI is InChI=1S/C21H20N.C15H16N.Ir/c1-21(2,3)19-12-13-20(22-15-19)18-11-7-10-17(14-18)16-8-5-4-6-9-16;1-15(2,3)13-9-10-14(16-11-13)12-7-5-4-6-8-12;/h4-10,12-15H,1-3H3;4-7,9-11H,1-3H3;/q2*-1;. The minimum atomic E-state index is 0. The molecule has 5 rings (SSSR count). The molecule has 3 aromatic carbocycles. The number of nitrogens with zero attached hydrogens (tertiary/aromatic N) is 2. The van der Waals surface area contributed by atoms with Gasteiger partial charge >= 0.3 is 0 Å². The van der Waals surface area contributed by atoms with E-state index in [1.165, 1.54) is 22.3 Å². The minimum absolute atomic E-state index is 0. The molecule has 2 nitrogen and oxygen atoms in total. The molecule has 2 heterocycles. The average Bonchev–Trinajstić information content (AvgIpc) is 2.94. The van der Waals surface area contributed by atoms with E-state index in [1.54, 1.807) is 0 Å². The number of aromatic nitrogens is 2. The predicted molar refractivity (Wildman–Crippen MR) is 160 cm³/mol. The molecular formula is C36H36IrN2-2. The Bertz CT molecular complexity index is 1430. The zero-order valence-electron chi connectivity index (χ0n) is 23.6. The Balaban J connectivity index is 0.000000220. The Morgan fingerprint density at radius 2 is 1.05 bits per heavy atom. The third kappa shape index (κ3) is 8.29. The molecule has 0 unspecified atom stereocenters. The summed E-state index contributed by atoms with van der Waals surface area (Å²) in [5.74, 6) is 0. The van der Waals surface area contributed by atoms with Crippen molar-refractivity contribution in [3.05, 3.63) is 133 Å². The molecule has 0 saturated heterocycles. The summed E-state index contributed by atoms with van der Waals surface area (Å²) in [4.78, 5) is 9.10. The van der Waals surface area contributed by atoms with Gasteiger partial charge in [0, 0.05) is 32.5 Å². The van der Waals surface area contributed by atoms with Crippen LogP contribution >= 0.6 is 0 Å². The van der Waals surface area contributed by atoms with Gasteiger partial charge in [-0.25, -0.2) is 0 Å². The first kappa shape index (κ1) is 30.2. The van der Waals surface area contributed by atoms with E-state index in [9.17, 15) is 0 Å². The summed E-state index contributed by atoms with van der Waals surface area (Å²) in [6.45, 7) is 13.2. The van der Waals surface area contributed by atoms with Crippen molar-refractivity contribution in [3.63, 3.8) is 0 Å². The monoisotopic (exact) mass is 689 g/mol. The molecule has 0 atom stereocenters. The van der Waals surface area contributed by atoms with Crippen molar-refractivity contribution in [2.45, 2.75) is 52.4 Å². The number of hydrogen-bond donors (Lipinski definition) is 0. The Morgan fingerprint density at radius 3 is 1.54 bits per heavy atom. The van der Waals surface area contributed by atoms with E-state index in [-0.39, 0.29) is 30.9 Å². The fourth-order valence-corrected chi connectivity index (χ4v) is 3.97. The molecule has 0 spiro atoms. The van der Waals surface area contributed by atoms with E-state index in [2.05, 4.69) is 124 Å². The maximum absolute atomic E-state index is 4.62. The van der Waals surface area contributed by atoms with E-state index >= 15 is 0 Å². The Hall–Kier alpha value is -3.39. The first-order valence-corrected chi connectivity index (χ1v) is 13.1. The smallest absolute Gasteiger partial charge is 0.0198 e. The minimum Gasteiger partial charge on any atom is -0.304 e. The number of hydrogen-bond acceptors (Lipinski definition) is 2. The van der Waals surface area contributed by atoms with Crippen molar-refractivity contribution in [2.75, 3.05) is 0 Å². The molecule has 201 valence electrons. The van der Waals surface area contributed by atoms with Crippen LogP contribution < -0.4 is 0 Å². The van der Waals surface area contributed by atoms with Crippen molar-refractivity contribution in [1.29, 1.82) is 0 Å². The van der Waals surface area contributed by atoms with Gasteiger partial charge in [0.15, 0.2) is 0 Å². The van der Waals surface area contributed by atoms with Crippen LogP contribution in [0.4, 0.5) is 0 Å². The average molecular weight is 689 g/mol. The second-order valence-corrected chi connectivity index (χ2v) is 11.5. The molecule has 1 radical (unpaired) electrons. The van der Waals surface area contributed by atoms with Gasteiger partial charge in [-0.1, -0.05) is 96.1 Å². The van der Waals surface area contributed by atoms with E-state index in [0.717, 1.165) is 22.5 Å². The molecule has 2 aromatic heterocycles. The molecule has 5 aromatic rings. The van der Waals surface area contributed by atoms with Gasteiger partial charge in [-0.3, -0.25) is 0 Å². The SMILES string of the molecule is CC(C)(C)c1ccc(-c2[c-]ccc(-c3ccccc3)c2)nc1.CC(C)(C)c1ccc(-c2[c-]cccc2)nc1.[Ir]. The van der Waals surface area contributed by atoms with Crippen molar-refractivity contribution >= 4 is 0 Å². The van der Waals surface area contributed by atoms with Crippen LogP contribution in [0, 0.1) is 12.1 Å². The summed E-state index contributed by atoms with van der Waals surface area (Å²) < 4.78 is 0. The van der Waals surface area contributed by atoms with Crippen molar-refractivity contribution in [1.82, 2.24) is 9.97 Å². The Morgan fingerprint density at radius 1 is 0.513 bits per heavy atom. The van der Waals surface area contributed by atoms with Crippen LogP contribution in [0.5, 0.6) is 0 Å². The van der Waals surface area contributed by atoms with Gasteiger partial charge in [-0.15, -0.1) is 71.3 Å². The van der Waals surface area contributed by atoms with E-state index in [4.69, 9.17) is 0 Å². The van der Waals surface area contributed by atoms with Crippen molar-refractivity contribution < 1.29 is 20.1 Å². The van der Waals surface area contributed by atoms with Gasteiger partial charge in [0.05, 0.1) is 0 Å². The number of benzene rings is 3. The van der Waals surface area contributed by atoms with Gasteiger partial charge in [-0.2, -0.15) is 0 Å². The summed E-state index contributed by atoms with van der Waals surface area (Å²) in [5.41, 5.74) is 9.21. The molecule has 3 heteroatoms. The van der Waals surface area contributed by atoms with Crippen LogP contribution in [0.1, 0.15) is 52.7 Å². The van der Waals surface area contributed by atoms with Gasteiger partial charge in [-0.05, 0) is 38.9 Å². The largest absolute Gasteiger partial charge is 0.304 e. The zero-order valence-corrected chi connectivity index (χ0v) is 26.0. The first-order valence-electron chi connectivity index (χ1n) is 13.1. The van der Waals surface area contributed by atoms with E-state index in [0.29, 0.717) is 0 Å². The van der Waals surface area contributed by atoms with Gasteiger partial charge in [0.25, 0.3) is 0 Å². The molecule has 0 aliphatic heterocycles. The molecule has 0 bridgehead atoms. The second kappa shape index (κ2) is 13.1. The normalized spacial score (nSPS) is 11.1. The molecule has 0 N–H and O–H groups in total. The molecule has 0 fully saturated rings. The Kier molecular flexibility index (Phi) is 10.1. The van der Waals surface area contributed by atoms with Crippen LogP contribution in [-0.4, -0.2) is 9.97 Å². The summed E-state index contributed by atoms with van der Waals surface area (Å²) in [7, 11) is 0. The molecule has 39 heavy (non-hydrogen) atoms. The van der Waals surface area contributed by atoms with Crippen molar-refractivity contribution in [3.8, 4) is 33.6 Å². The van der Waals surface area contributed by atoms with E-state index < -0.39 is 0 Å². The molecule has 0 saturated carbocycles. The summed E-state index contributed by atoms with van der Waals surface area (Å²) in [6.07, 6.45) is 3.93. The third-order valence-corrected chi connectivity index (χ3v) is 6.43. The third-order valence-electron chi connectivity index (χ3n) is 6.43. The fourth-order valence-electron chi connectivity index (χ4n) is 3.97. The van der Waals surface area contributed by atoms with Gasteiger partial charge in [0.1, 0.15) is 0 Å². The van der Waals surface area contributed by atoms with Crippen molar-refractivity contribution in [2.24, 2.45) is 0 Å². The van der Waals surface area contributed by atoms with Crippen LogP contribution in [0.25, 0.3) is 33.6 Å². The van der Waals surface area contributed by atoms with Gasteiger partial charge < -0.3 is 9.97 Å². The van der Waals surface area contributed by atoms with Crippen LogP contribution in [0.2, 0.25) is 0 Å². The molecule has 0 aliphatic carbocycles. The van der Waals surface area contributed by atoms with Gasteiger partial charge in [0.2, 0.25) is 0 Å². The Labute approximate surface area is 248 Å². The van der Waals surface area contributed by atoms with Crippen LogP contribution in [0.3, 0.4) is 0 Å². The van der Waals surface area contributed by atoms with Crippen LogP contribution in [0.15, 0.2) is 109 Å². The predicted octanol–water partition coefficient (Wildman–Crippen LogP) is 9.36. The maximum Gasteiger partial charge on any atom is 0.0198 e. The van der Waals surface area contributed by atoms with E-state index in [1.807, 2.05) is 48.8 Å². The quantitative estimate of drug-likeness (QED) is 0.177. The number of pyridine rings is 2. The first-order chi connectivity index (χ1) is 18.1. The maximum atomic E-state index is 4.62. The molecule has 0 aliphatic rings. The fraction of sp³-hybridized carbons (Fsp3) is 0.222. The molecule has 0 amide bonds. The number of rotatable bonds is 3. The summed E-state index contributed by atoms with van der Waals surface area (Å²) in [5, 5.41) is 0. The topological polar surface area (TPSA) is 25.8 Å². The second-order valence-electron chi connectivity index (χ2n) is 11.5. The van der Waals surface area contributed by atoms with Crippen LogP contribution in [-0.2, 0) is 30.9 Å². The zero-order chi connectivity index (χ0) is 27.2. The summed E-state index contributed by atoms with van der Waals surface area (Å²) >= 11 is 0. The summed E-state index contributed by atoms with van der Waals surface area (Å²) in [6, 6.07) is 39.4. The molecular weight excluding hydrogens is 653 g/mol.